The van der Waals surface area contributed by atoms with Gasteiger partial charge in [-0.1, -0.05) is 35.3 Å². The fourth-order valence-electron chi connectivity index (χ4n) is 3.60. The second-order valence-electron chi connectivity index (χ2n) is 7.77. The summed E-state index contributed by atoms with van der Waals surface area (Å²) in [5, 5.41) is 10.2. The molecular weight excluding hydrogens is 524 g/mol. The molecule has 10 nitrogen and oxygen atoms in total. The van der Waals surface area contributed by atoms with Crippen LogP contribution in [-0.4, -0.2) is 56.1 Å². The number of sulfonamides is 1. The molecule has 1 unspecified atom stereocenters. The van der Waals surface area contributed by atoms with Crippen LogP contribution in [0.5, 0.6) is 0 Å². The van der Waals surface area contributed by atoms with Gasteiger partial charge in [0.05, 0.1) is 15.7 Å². The minimum Gasteiger partial charge on any atom is -0.407 e. The van der Waals surface area contributed by atoms with Crippen LogP contribution < -0.4 is 5.32 Å². The van der Waals surface area contributed by atoms with Crippen molar-refractivity contribution in [1.82, 2.24) is 14.5 Å². The van der Waals surface area contributed by atoms with Crippen LogP contribution in [0.15, 0.2) is 49.9 Å². The highest BCUT2D eigenvalue weighted by molar-refractivity contribution is 7.91. The molecule has 1 N–H and O–H groups in total. The molecule has 34 heavy (non-hydrogen) atoms. The normalized spacial score (nSPS) is 17.5. The van der Waals surface area contributed by atoms with Gasteiger partial charge in [-0.25, -0.2) is 16.8 Å². The summed E-state index contributed by atoms with van der Waals surface area (Å²) in [6, 6.07) is 8.13. The quantitative estimate of drug-likeness (QED) is 0.479. The SMILES string of the molecule is CS(=O)(=O)c1ccc(Cc2nnc(NC(=O)C3CCCCN3S(=O)(=O)c3ccc(Cl)s3)o2)cc1. The number of aromatic nitrogens is 2. The molecule has 3 heterocycles. The van der Waals surface area contributed by atoms with Gasteiger partial charge >= 0.3 is 6.01 Å². The maximum absolute atomic E-state index is 13.1. The number of benzene rings is 1. The fraction of sp³-hybridized carbons (Fsp3) is 0.350. The highest BCUT2D eigenvalue weighted by atomic mass is 35.5. The first-order chi connectivity index (χ1) is 16.0. The first-order valence-corrected chi connectivity index (χ1v) is 14.8. The number of hydrogen-bond acceptors (Lipinski definition) is 9. The fourth-order valence-corrected chi connectivity index (χ4v) is 7.50. The Hall–Kier alpha value is -2.32. The number of thiophene rings is 1. The van der Waals surface area contributed by atoms with E-state index in [9.17, 15) is 21.6 Å². The monoisotopic (exact) mass is 544 g/mol. The molecule has 182 valence electrons. The van der Waals surface area contributed by atoms with Crippen LogP contribution in [-0.2, 0) is 31.1 Å². The minimum absolute atomic E-state index is 0.0826. The summed E-state index contributed by atoms with van der Waals surface area (Å²) in [6.07, 6.45) is 3.07. The van der Waals surface area contributed by atoms with E-state index in [0.717, 1.165) is 23.2 Å². The van der Waals surface area contributed by atoms with Gasteiger partial charge in [0.15, 0.2) is 9.84 Å². The topological polar surface area (TPSA) is 140 Å². The standard InChI is InChI=1S/C20H21ClN4O6S3/c1-33(27,28)14-7-5-13(6-8-14)12-17-23-24-20(31-17)22-19(26)15-4-2-3-11-25(15)34(29,30)18-10-9-16(21)32-18/h5-10,15H,2-4,11-12H2,1H3,(H,22,24,26). The summed E-state index contributed by atoms with van der Waals surface area (Å²) in [5.74, 6) is -0.345. The van der Waals surface area contributed by atoms with Crippen molar-refractivity contribution in [2.75, 3.05) is 18.1 Å². The molecule has 0 aliphatic carbocycles. The summed E-state index contributed by atoms with van der Waals surface area (Å²) in [5.41, 5.74) is 0.744. The number of carbonyl (C=O) groups excluding carboxylic acids is 1. The highest BCUT2D eigenvalue weighted by Gasteiger charge is 2.38. The lowest BCUT2D eigenvalue weighted by Crippen LogP contribution is -2.49. The first kappa shape index (κ1) is 24.8. The zero-order valence-corrected chi connectivity index (χ0v) is 21.2. The summed E-state index contributed by atoms with van der Waals surface area (Å²) in [6.45, 7) is 0.217. The molecule has 0 radical (unpaired) electrons. The number of piperidine rings is 1. The Bertz CT molecular complexity index is 1400. The summed E-state index contributed by atoms with van der Waals surface area (Å²) in [4.78, 5) is 13.1. The van der Waals surface area contributed by atoms with Gasteiger partial charge in [0.1, 0.15) is 10.3 Å². The lowest BCUT2D eigenvalue weighted by molar-refractivity contribution is -0.120. The van der Waals surface area contributed by atoms with Crippen LogP contribution in [0, 0.1) is 0 Å². The number of nitrogens with one attached hydrogen (secondary N) is 1. The molecular formula is C20H21ClN4O6S3. The molecule has 1 atom stereocenters. The van der Waals surface area contributed by atoms with Crippen molar-refractivity contribution in [2.24, 2.45) is 0 Å². The van der Waals surface area contributed by atoms with Gasteiger partial charge in [0.25, 0.3) is 10.0 Å². The van der Waals surface area contributed by atoms with Gasteiger partial charge < -0.3 is 4.42 Å². The van der Waals surface area contributed by atoms with Crippen molar-refractivity contribution in [3.05, 3.63) is 52.2 Å². The van der Waals surface area contributed by atoms with Crippen LogP contribution in [0.3, 0.4) is 0 Å². The van der Waals surface area contributed by atoms with Gasteiger partial charge in [0, 0.05) is 12.8 Å². The Morgan fingerprint density at radius 2 is 1.88 bits per heavy atom. The Kier molecular flexibility index (Phi) is 7.10. The van der Waals surface area contributed by atoms with Crippen molar-refractivity contribution in [1.29, 1.82) is 0 Å². The lowest BCUT2D eigenvalue weighted by atomic mass is 10.0. The number of hydrogen-bond donors (Lipinski definition) is 1. The van der Waals surface area contributed by atoms with Crippen molar-refractivity contribution < 1.29 is 26.0 Å². The number of nitrogens with zero attached hydrogens (tertiary/aromatic N) is 3. The molecule has 1 amide bonds. The van der Waals surface area contributed by atoms with E-state index in [1.165, 1.54) is 28.6 Å². The maximum atomic E-state index is 13.1. The molecule has 1 aromatic carbocycles. The molecule has 1 aliphatic heterocycles. The molecule has 1 saturated heterocycles. The molecule has 1 fully saturated rings. The largest absolute Gasteiger partial charge is 0.407 e. The molecule has 14 heteroatoms. The molecule has 0 saturated carbocycles. The van der Waals surface area contributed by atoms with Crippen molar-refractivity contribution in [3.63, 3.8) is 0 Å². The van der Waals surface area contributed by atoms with E-state index >= 15 is 0 Å². The van der Waals surface area contributed by atoms with Gasteiger partial charge in [-0.2, -0.15) is 4.31 Å². The first-order valence-electron chi connectivity index (χ1n) is 10.2. The van der Waals surface area contributed by atoms with E-state index in [2.05, 4.69) is 15.5 Å². The Morgan fingerprint density at radius 3 is 2.53 bits per heavy atom. The molecule has 1 aliphatic rings. The van der Waals surface area contributed by atoms with Crippen molar-refractivity contribution in [2.45, 2.75) is 40.8 Å². The number of carbonyl (C=O) groups is 1. The molecule has 2 aromatic heterocycles. The zero-order chi connectivity index (χ0) is 24.5. The van der Waals surface area contributed by atoms with Crippen LogP contribution in [0.1, 0.15) is 30.7 Å². The molecule has 0 spiro atoms. The Morgan fingerprint density at radius 1 is 1.15 bits per heavy atom. The third-order valence-electron chi connectivity index (χ3n) is 5.27. The van der Waals surface area contributed by atoms with Gasteiger partial charge in [-0.15, -0.1) is 16.4 Å². The van der Waals surface area contributed by atoms with E-state index < -0.39 is 31.8 Å². The van der Waals surface area contributed by atoms with Crippen LogP contribution >= 0.6 is 22.9 Å². The van der Waals surface area contributed by atoms with E-state index in [1.54, 1.807) is 12.1 Å². The lowest BCUT2D eigenvalue weighted by Gasteiger charge is -2.32. The summed E-state index contributed by atoms with van der Waals surface area (Å²) < 4.78 is 56.4. The molecule has 3 aromatic rings. The van der Waals surface area contributed by atoms with Crippen molar-refractivity contribution in [3.8, 4) is 0 Å². The van der Waals surface area contributed by atoms with Crippen molar-refractivity contribution >= 4 is 54.7 Å². The van der Waals surface area contributed by atoms with E-state index in [4.69, 9.17) is 16.0 Å². The van der Waals surface area contributed by atoms with Gasteiger partial charge in [0.2, 0.25) is 11.8 Å². The number of sulfone groups is 1. The number of rotatable bonds is 7. The van der Waals surface area contributed by atoms with Crippen LogP contribution in [0.25, 0.3) is 0 Å². The number of amides is 1. The Labute approximate surface area is 205 Å². The third kappa shape index (κ3) is 5.49. The zero-order valence-electron chi connectivity index (χ0n) is 18.0. The third-order valence-corrected chi connectivity index (χ3v) is 10.0. The average molecular weight is 545 g/mol. The minimum atomic E-state index is -3.88. The second-order valence-corrected chi connectivity index (χ2v) is 13.6. The Balaban J connectivity index is 1.45. The summed E-state index contributed by atoms with van der Waals surface area (Å²) >= 11 is 6.84. The van der Waals surface area contributed by atoms with Crippen LogP contribution in [0.4, 0.5) is 6.01 Å². The smallest absolute Gasteiger partial charge is 0.322 e. The highest BCUT2D eigenvalue weighted by Crippen LogP contribution is 2.32. The van der Waals surface area contributed by atoms with Crippen LogP contribution in [0.2, 0.25) is 4.34 Å². The van der Waals surface area contributed by atoms with E-state index in [-0.39, 0.29) is 34.0 Å². The number of anilines is 1. The molecule has 4 rings (SSSR count). The van der Waals surface area contributed by atoms with Gasteiger partial charge in [-0.05, 0) is 42.7 Å². The van der Waals surface area contributed by atoms with Gasteiger partial charge in [-0.3, -0.25) is 10.1 Å². The number of halogens is 1. The predicted molar refractivity (Wildman–Crippen MR) is 126 cm³/mol. The van der Waals surface area contributed by atoms with E-state index in [1.807, 2.05) is 0 Å². The second kappa shape index (κ2) is 9.74. The average Bonchev–Trinajstić information content (AvgIpc) is 3.42. The van der Waals surface area contributed by atoms with E-state index in [0.29, 0.717) is 23.6 Å². The summed E-state index contributed by atoms with van der Waals surface area (Å²) in [7, 11) is -7.18. The predicted octanol–water partition coefficient (Wildman–Crippen LogP) is 2.96. The maximum Gasteiger partial charge on any atom is 0.322 e. The molecule has 0 bridgehead atoms.